The normalized spacial score (nSPS) is 96.0. The number of hydrogen-bond donors (Lipinski definition) is 0. The number of hydrogen-bond acceptors (Lipinski definition) is 0. The van der Waals surface area contributed by atoms with E-state index in [9.17, 15) is 0 Å². The topological polar surface area (TPSA) is 0 Å². The van der Waals surface area contributed by atoms with Crippen LogP contribution < -0.4 is 0 Å². The Labute approximate surface area is 84.4 Å². The van der Waals surface area contributed by atoms with Gasteiger partial charge in [-0.1, -0.05) is 0 Å². The number of rotatable bonds is 0. The molecule has 0 aromatic carbocycles. The van der Waals surface area contributed by atoms with E-state index in [1.807, 2.05) is 0 Å². The summed E-state index contributed by atoms with van der Waals surface area (Å²) < 4.78 is 0. The van der Waals surface area contributed by atoms with E-state index in [1.165, 1.54) is 71.0 Å². The van der Waals surface area contributed by atoms with Gasteiger partial charge in [0, 0.05) is 0 Å². The van der Waals surface area contributed by atoms with E-state index >= 15 is 0 Å². The van der Waals surface area contributed by atoms with Crippen molar-refractivity contribution >= 4 is 0 Å². The lowest BCUT2D eigenvalue weighted by atomic mass is 9.66. The Balaban J connectivity index is 1.61. The smallest absolute Gasteiger partial charge is 0.0315 e. The molecule has 0 spiro atoms. The minimum Gasteiger partial charge on any atom is -0.0464 e. The van der Waals surface area contributed by atoms with Crippen LogP contribution >= 0.6 is 0 Å². The summed E-state index contributed by atoms with van der Waals surface area (Å²) in [7, 11) is 0. The quantitative estimate of drug-likeness (QED) is 0.541. The molecule has 0 atom stereocenters. The third kappa shape index (κ3) is 0.314. The molecule has 0 unspecified atom stereocenters. The van der Waals surface area contributed by atoms with Gasteiger partial charge in [-0.2, -0.15) is 0 Å². The van der Waals surface area contributed by atoms with Gasteiger partial charge in [0.1, 0.15) is 0 Å². The maximum absolute atomic E-state index is 1.70. The predicted octanol–water partition coefficient (Wildman–Crippen LogP) is 2.26. The Morgan fingerprint density at radius 3 is 0.714 bits per heavy atom. The first-order chi connectivity index (χ1) is 6.97. The molecule has 9 aliphatic rings. The molecule has 12 bridgehead atoms. The molecule has 0 nitrogen and oxygen atoms in total. The van der Waals surface area contributed by atoms with Gasteiger partial charge >= 0.3 is 0 Å². The molecule has 9 aliphatic carbocycles. The SMILES string of the molecule is C1C2[C@H]3[C@H]4C1[C@H]([C@@H]1C5CC6[C@H]1[C@H]6[C@H]54)[C@H]23. The third-order valence-electron chi connectivity index (χ3n) is 8.32. The second-order valence-corrected chi connectivity index (χ2v) is 7.75. The summed E-state index contributed by atoms with van der Waals surface area (Å²) >= 11 is 0. The van der Waals surface area contributed by atoms with Crippen molar-refractivity contribution in [3.05, 3.63) is 0 Å². The minimum atomic E-state index is 1.28. The Kier molecular flexibility index (Phi) is 0.548. The van der Waals surface area contributed by atoms with Crippen molar-refractivity contribution in [3.63, 3.8) is 0 Å². The lowest BCUT2D eigenvalue weighted by Gasteiger charge is -2.38. The van der Waals surface area contributed by atoms with Crippen LogP contribution in [0.3, 0.4) is 0 Å². The molecule has 9 fully saturated rings. The molecule has 0 saturated heterocycles. The summed E-state index contributed by atoms with van der Waals surface area (Å²) in [5, 5.41) is 0. The second-order valence-electron chi connectivity index (χ2n) is 7.75. The summed E-state index contributed by atoms with van der Waals surface area (Å²) in [6.45, 7) is 0. The van der Waals surface area contributed by atoms with Gasteiger partial charge in [0.2, 0.25) is 0 Å². The van der Waals surface area contributed by atoms with Crippen LogP contribution in [0.5, 0.6) is 0 Å². The van der Waals surface area contributed by atoms with Crippen LogP contribution in [-0.4, -0.2) is 0 Å². The first kappa shape index (κ1) is 5.92. The lowest BCUT2D eigenvalue weighted by Crippen LogP contribution is -2.34. The highest BCUT2D eigenvalue weighted by Crippen LogP contribution is 2.92. The van der Waals surface area contributed by atoms with Gasteiger partial charge in [0.05, 0.1) is 0 Å². The molecule has 0 radical (unpaired) electrons. The van der Waals surface area contributed by atoms with Crippen LogP contribution in [0.4, 0.5) is 0 Å². The standard InChI is InChI=1S/C14H16/c1-3-7-8(3)12-5(1)11(7)13-6-2-4-9(13)10(4)14(6)12/h3-14H,1-2H2/t3?,4?,5?,6?,7-,8-,9+,10+,11-,12+,13+,14-. The fourth-order valence-electron chi connectivity index (χ4n) is 8.73. The second kappa shape index (κ2) is 1.30. The van der Waals surface area contributed by atoms with E-state index in [-0.39, 0.29) is 0 Å². The van der Waals surface area contributed by atoms with Gasteiger partial charge in [0.25, 0.3) is 0 Å². The summed E-state index contributed by atoms with van der Waals surface area (Å²) in [6.07, 6.45) is 3.41. The molecule has 0 aromatic rings. The Bertz CT molecular complexity index is 329. The maximum atomic E-state index is 1.70. The Hall–Kier alpha value is 0. The highest BCUT2D eigenvalue weighted by Gasteiger charge is 2.88. The van der Waals surface area contributed by atoms with Gasteiger partial charge in [-0.05, 0) is 83.9 Å². The van der Waals surface area contributed by atoms with E-state index in [1.54, 1.807) is 12.8 Å². The van der Waals surface area contributed by atoms with Crippen LogP contribution in [0.2, 0.25) is 0 Å². The molecule has 0 aromatic heterocycles. The molecule has 72 valence electrons. The first-order valence-corrected chi connectivity index (χ1v) is 6.97. The molecule has 0 heteroatoms. The van der Waals surface area contributed by atoms with Crippen molar-refractivity contribution in [2.45, 2.75) is 12.8 Å². The average Bonchev–Trinajstić information content (AvgIpc) is 2.71. The van der Waals surface area contributed by atoms with Crippen LogP contribution in [0.25, 0.3) is 0 Å². The van der Waals surface area contributed by atoms with Crippen molar-refractivity contribution in [2.24, 2.45) is 71.0 Å². The molecule has 14 heavy (non-hydrogen) atoms. The zero-order chi connectivity index (χ0) is 8.34. The van der Waals surface area contributed by atoms with Gasteiger partial charge in [0.15, 0.2) is 0 Å². The van der Waals surface area contributed by atoms with Crippen molar-refractivity contribution in [1.82, 2.24) is 0 Å². The van der Waals surface area contributed by atoms with Crippen LogP contribution in [-0.2, 0) is 0 Å². The van der Waals surface area contributed by atoms with Crippen molar-refractivity contribution in [2.75, 3.05) is 0 Å². The van der Waals surface area contributed by atoms with E-state index < -0.39 is 0 Å². The summed E-state index contributed by atoms with van der Waals surface area (Å²) in [6, 6.07) is 0. The molecular formula is C14H16. The van der Waals surface area contributed by atoms with Crippen LogP contribution in [0.15, 0.2) is 0 Å². The molecule has 9 rings (SSSR count). The van der Waals surface area contributed by atoms with E-state index in [0.717, 1.165) is 0 Å². The van der Waals surface area contributed by atoms with Gasteiger partial charge in [-0.15, -0.1) is 0 Å². The van der Waals surface area contributed by atoms with Crippen molar-refractivity contribution in [1.29, 1.82) is 0 Å². The fourth-order valence-corrected chi connectivity index (χ4v) is 8.73. The zero-order valence-corrected chi connectivity index (χ0v) is 8.34. The highest BCUT2D eigenvalue weighted by molar-refractivity contribution is 5.35. The maximum Gasteiger partial charge on any atom is -0.0315 e. The van der Waals surface area contributed by atoms with Crippen LogP contribution in [0.1, 0.15) is 12.8 Å². The molecule has 0 N–H and O–H groups in total. The molecule has 0 heterocycles. The lowest BCUT2D eigenvalue weighted by molar-refractivity contribution is 0.0886. The summed E-state index contributed by atoms with van der Waals surface area (Å²) in [5.41, 5.74) is 0. The zero-order valence-electron chi connectivity index (χ0n) is 8.34. The average molecular weight is 184 g/mol. The Morgan fingerprint density at radius 2 is 0.571 bits per heavy atom. The van der Waals surface area contributed by atoms with E-state index in [4.69, 9.17) is 0 Å². The first-order valence-electron chi connectivity index (χ1n) is 6.97. The van der Waals surface area contributed by atoms with Crippen molar-refractivity contribution < 1.29 is 0 Å². The van der Waals surface area contributed by atoms with E-state index in [0.29, 0.717) is 0 Å². The summed E-state index contributed by atoms with van der Waals surface area (Å²) in [5.74, 6) is 15.6. The Morgan fingerprint density at radius 1 is 0.357 bits per heavy atom. The van der Waals surface area contributed by atoms with Crippen LogP contribution in [0, 0.1) is 71.0 Å². The molecular weight excluding hydrogens is 168 g/mol. The summed E-state index contributed by atoms with van der Waals surface area (Å²) in [4.78, 5) is 0. The molecule has 0 aliphatic heterocycles. The largest absolute Gasteiger partial charge is 0.0464 e. The highest BCUT2D eigenvalue weighted by atomic mass is 14.9. The van der Waals surface area contributed by atoms with Crippen molar-refractivity contribution in [3.8, 4) is 0 Å². The molecule has 0 amide bonds. The minimum absolute atomic E-state index is 1.28. The molecule has 9 saturated carbocycles. The van der Waals surface area contributed by atoms with Gasteiger partial charge in [-0.3, -0.25) is 0 Å². The third-order valence-corrected chi connectivity index (χ3v) is 8.32. The van der Waals surface area contributed by atoms with Gasteiger partial charge < -0.3 is 0 Å². The van der Waals surface area contributed by atoms with Gasteiger partial charge in [-0.25, -0.2) is 0 Å². The monoisotopic (exact) mass is 184 g/mol. The van der Waals surface area contributed by atoms with E-state index in [2.05, 4.69) is 0 Å². The predicted molar refractivity (Wildman–Crippen MR) is 51.1 cm³/mol. The fraction of sp³-hybridized carbons (Fsp3) is 1.00.